The van der Waals surface area contributed by atoms with Crippen LogP contribution >= 0.6 is 11.3 Å². The van der Waals surface area contributed by atoms with Crippen LogP contribution in [0.2, 0.25) is 0 Å². The number of pyridine rings is 1. The van der Waals surface area contributed by atoms with Crippen molar-refractivity contribution in [3.8, 4) is 5.75 Å². The molecule has 5 heteroatoms. The van der Waals surface area contributed by atoms with Crippen LogP contribution in [0.3, 0.4) is 0 Å². The summed E-state index contributed by atoms with van der Waals surface area (Å²) in [6, 6.07) is 4.84. The molecule has 0 amide bonds. The van der Waals surface area contributed by atoms with Gasteiger partial charge in [0, 0.05) is 25.3 Å². The third-order valence-electron chi connectivity index (χ3n) is 4.83. The summed E-state index contributed by atoms with van der Waals surface area (Å²) in [6.45, 7) is 3.97. The maximum absolute atomic E-state index is 6.29. The SMILES string of the molecule is c1cc(OC2CCC(N3CCOCC3)CC2)c2ccsc2n1. The summed E-state index contributed by atoms with van der Waals surface area (Å²) in [5.41, 5.74) is 0. The van der Waals surface area contributed by atoms with Gasteiger partial charge in [0.05, 0.1) is 24.7 Å². The highest BCUT2D eigenvalue weighted by Gasteiger charge is 2.28. The van der Waals surface area contributed by atoms with Crippen LogP contribution in [-0.4, -0.2) is 48.3 Å². The Kier molecular flexibility index (Phi) is 4.28. The predicted molar refractivity (Wildman–Crippen MR) is 88.7 cm³/mol. The highest BCUT2D eigenvalue weighted by atomic mass is 32.1. The quantitative estimate of drug-likeness (QED) is 0.869. The fourth-order valence-corrected chi connectivity index (χ4v) is 4.35. The molecular weight excluding hydrogens is 296 g/mol. The van der Waals surface area contributed by atoms with Gasteiger partial charge in [-0.05, 0) is 43.2 Å². The average Bonchev–Trinajstić information content (AvgIpc) is 3.06. The first-order valence-corrected chi connectivity index (χ1v) is 9.09. The second-order valence-electron chi connectivity index (χ2n) is 6.15. The fourth-order valence-electron chi connectivity index (χ4n) is 3.60. The molecular formula is C17H22N2O2S. The second kappa shape index (κ2) is 6.52. The predicted octanol–water partition coefficient (Wildman–Crippen LogP) is 3.32. The topological polar surface area (TPSA) is 34.6 Å². The van der Waals surface area contributed by atoms with Gasteiger partial charge >= 0.3 is 0 Å². The van der Waals surface area contributed by atoms with Crippen LogP contribution in [-0.2, 0) is 4.74 Å². The molecule has 2 aromatic rings. The van der Waals surface area contributed by atoms with Crippen LogP contribution in [0.1, 0.15) is 25.7 Å². The molecule has 2 aromatic heterocycles. The average molecular weight is 318 g/mol. The summed E-state index contributed by atoms with van der Waals surface area (Å²) in [6.07, 6.45) is 6.98. The normalized spacial score (nSPS) is 27.1. The van der Waals surface area contributed by atoms with Gasteiger partial charge in [0.15, 0.2) is 0 Å². The number of nitrogens with zero attached hydrogens (tertiary/aromatic N) is 2. The summed E-state index contributed by atoms with van der Waals surface area (Å²) in [5, 5.41) is 3.24. The summed E-state index contributed by atoms with van der Waals surface area (Å²) >= 11 is 1.67. The van der Waals surface area contributed by atoms with E-state index in [4.69, 9.17) is 9.47 Å². The highest BCUT2D eigenvalue weighted by molar-refractivity contribution is 7.16. The maximum Gasteiger partial charge on any atom is 0.131 e. The Hall–Kier alpha value is -1.17. The van der Waals surface area contributed by atoms with Gasteiger partial charge in [0.1, 0.15) is 10.6 Å². The summed E-state index contributed by atoms with van der Waals surface area (Å²) < 4.78 is 11.7. The maximum atomic E-state index is 6.29. The molecule has 118 valence electrons. The molecule has 0 N–H and O–H groups in total. The van der Waals surface area contributed by atoms with Crippen molar-refractivity contribution in [3.63, 3.8) is 0 Å². The van der Waals surface area contributed by atoms with Crippen LogP contribution in [0.15, 0.2) is 23.7 Å². The molecule has 2 aliphatic rings. The van der Waals surface area contributed by atoms with Gasteiger partial charge in [-0.2, -0.15) is 0 Å². The lowest BCUT2D eigenvalue weighted by Crippen LogP contribution is -2.46. The van der Waals surface area contributed by atoms with E-state index in [2.05, 4.69) is 21.3 Å². The molecule has 0 spiro atoms. The number of thiophene rings is 1. The van der Waals surface area contributed by atoms with Crippen molar-refractivity contribution in [2.75, 3.05) is 26.3 Å². The van der Waals surface area contributed by atoms with E-state index in [1.54, 1.807) is 11.3 Å². The smallest absolute Gasteiger partial charge is 0.131 e. The first-order valence-electron chi connectivity index (χ1n) is 8.21. The van der Waals surface area contributed by atoms with Gasteiger partial charge in [-0.1, -0.05) is 0 Å². The number of aromatic nitrogens is 1. The van der Waals surface area contributed by atoms with Gasteiger partial charge < -0.3 is 9.47 Å². The fraction of sp³-hybridized carbons (Fsp3) is 0.588. The third kappa shape index (κ3) is 2.98. The second-order valence-corrected chi connectivity index (χ2v) is 7.04. The molecule has 4 nitrogen and oxygen atoms in total. The first kappa shape index (κ1) is 14.4. The van der Waals surface area contributed by atoms with Crippen molar-refractivity contribution in [1.29, 1.82) is 0 Å². The Labute approximate surface area is 135 Å². The van der Waals surface area contributed by atoms with E-state index in [1.807, 2.05) is 12.3 Å². The van der Waals surface area contributed by atoms with Gasteiger partial charge in [-0.25, -0.2) is 4.98 Å². The molecule has 0 unspecified atom stereocenters. The van der Waals surface area contributed by atoms with Crippen LogP contribution in [0.5, 0.6) is 5.75 Å². The monoisotopic (exact) mass is 318 g/mol. The van der Waals surface area contributed by atoms with Gasteiger partial charge in [0.25, 0.3) is 0 Å². The van der Waals surface area contributed by atoms with E-state index in [0.717, 1.165) is 61.2 Å². The zero-order chi connectivity index (χ0) is 14.8. The number of hydrogen-bond acceptors (Lipinski definition) is 5. The minimum Gasteiger partial charge on any atom is -0.490 e. The molecule has 1 aliphatic carbocycles. The molecule has 0 radical (unpaired) electrons. The Bertz CT molecular complexity index is 616. The van der Waals surface area contributed by atoms with Gasteiger partial charge in [-0.3, -0.25) is 4.90 Å². The summed E-state index contributed by atoms with van der Waals surface area (Å²) in [4.78, 5) is 8.06. The Morgan fingerprint density at radius 3 is 2.77 bits per heavy atom. The van der Waals surface area contributed by atoms with Crippen LogP contribution < -0.4 is 4.74 Å². The van der Waals surface area contributed by atoms with Crippen molar-refractivity contribution in [2.24, 2.45) is 0 Å². The minimum absolute atomic E-state index is 0.350. The number of rotatable bonds is 3. The van der Waals surface area contributed by atoms with E-state index < -0.39 is 0 Å². The Balaban J connectivity index is 1.36. The van der Waals surface area contributed by atoms with E-state index >= 15 is 0 Å². The van der Waals surface area contributed by atoms with Crippen molar-refractivity contribution in [3.05, 3.63) is 23.7 Å². The van der Waals surface area contributed by atoms with E-state index in [-0.39, 0.29) is 0 Å². The number of hydrogen-bond donors (Lipinski definition) is 0. The van der Waals surface area contributed by atoms with Crippen molar-refractivity contribution < 1.29 is 9.47 Å². The minimum atomic E-state index is 0.350. The Morgan fingerprint density at radius 2 is 1.95 bits per heavy atom. The lowest BCUT2D eigenvalue weighted by atomic mass is 9.91. The molecule has 3 heterocycles. The van der Waals surface area contributed by atoms with E-state index in [0.29, 0.717) is 6.10 Å². The first-order chi connectivity index (χ1) is 10.9. The largest absolute Gasteiger partial charge is 0.490 e. The van der Waals surface area contributed by atoms with Gasteiger partial charge in [0.2, 0.25) is 0 Å². The molecule has 2 fully saturated rings. The molecule has 0 aromatic carbocycles. The zero-order valence-electron chi connectivity index (χ0n) is 12.7. The number of morpholine rings is 1. The molecule has 22 heavy (non-hydrogen) atoms. The molecule has 1 saturated carbocycles. The van der Waals surface area contributed by atoms with E-state index in [9.17, 15) is 0 Å². The summed E-state index contributed by atoms with van der Waals surface area (Å²) in [5.74, 6) is 1.00. The zero-order valence-corrected chi connectivity index (χ0v) is 13.6. The lowest BCUT2D eigenvalue weighted by molar-refractivity contribution is -0.000915. The molecule has 0 atom stereocenters. The molecule has 4 rings (SSSR count). The molecule has 1 aliphatic heterocycles. The summed E-state index contributed by atoms with van der Waals surface area (Å²) in [7, 11) is 0. The van der Waals surface area contributed by atoms with Crippen molar-refractivity contribution in [1.82, 2.24) is 9.88 Å². The standard InChI is InChI=1S/C17H22N2O2S/c1-3-14(4-2-13(1)19-8-10-20-11-9-19)21-16-5-7-18-17-15(16)6-12-22-17/h5-7,12-14H,1-4,8-11H2. The Morgan fingerprint density at radius 1 is 1.14 bits per heavy atom. The molecule has 1 saturated heterocycles. The highest BCUT2D eigenvalue weighted by Crippen LogP contribution is 2.32. The third-order valence-corrected chi connectivity index (χ3v) is 5.65. The van der Waals surface area contributed by atoms with Crippen LogP contribution in [0.4, 0.5) is 0 Å². The molecule has 0 bridgehead atoms. The van der Waals surface area contributed by atoms with Crippen LogP contribution in [0.25, 0.3) is 10.2 Å². The lowest BCUT2D eigenvalue weighted by Gasteiger charge is -2.38. The van der Waals surface area contributed by atoms with E-state index in [1.165, 1.54) is 12.8 Å². The van der Waals surface area contributed by atoms with Crippen molar-refractivity contribution >= 4 is 21.6 Å². The van der Waals surface area contributed by atoms with Crippen LogP contribution in [0, 0.1) is 0 Å². The number of ether oxygens (including phenoxy) is 2. The number of fused-ring (bicyclic) bond motifs is 1. The van der Waals surface area contributed by atoms with Gasteiger partial charge in [-0.15, -0.1) is 11.3 Å². The van der Waals surface area contributed by atoms with Crippen molar-refractivity contribution in [2.45, 2.75) is 37.8 Å².